The van der Waals surface area contributed by atoms with E-state index in [0.717, 1.165) is 56.2 Å². The van der Waals surface area contributed by atoms with Gasteiger partial charge in [-0.3, -0.25) is 9.59 Å². The Morgan fingerprint density at radius 1 is 0.853 bits per heavy atom. The zero-order chi connectivity index (χ0) is 24.4. The number of aromatic nitrogens is 2. The van der Waals surface area contributed by atoms with E-state index >= 15 is 0 Å². The van der Waals surface area contributed by atoms with Crippen LogP contribution in [0.3, 0.4) is 0 Å². The molecule has 182 valence electrons. The molecule has 2 aliphatic rings. The van der Waals surface area contributed by atoms with E-state index in [1.807, 2.05) is 6.92 Å². The molecule has 0 saturated carbocycles. The van der Waals surface area contributed by atoms with Gasteiger partial charge >= 0.3 is 0 Å². The van der Waals surface area contributed by atoms with Crippen LogP contribution in [0.1, 0.15) is 80.9 Å². The molecule has 2 aromatic heterocycles. The van der Waals surface area contributed by atoms with Crippen molar-refractivity contribution in [3.05, 3.63) is 68.8 Å². The van der Waals surface area contributed by atoms with Crippen LogP contribution in [0, 0.1) is 6.92 Å². The summed E-state index contributed by atoms with van der Waals surface area (Å²) in [4.78, 5) is 31.4. The first-order valence-corrected chi connectivity index (χ1v) is 12.7. The maximum absolute atomic E-state index is 12.3. The molecule has 4 rings (SSSR count). The number of carbonyl (C=O) groups is 2. The van der Waals surface area contributed by atoms with Gasteiger partial charge in [-0.25, -0.2) is 0 Å². The minimum Gasteiger partial charge on any atom is -0.362 e. The van der Waals surface area contributed by atoms with Crippen molar-refractivity contribution in [2.75, 3.05) is 0 Å². The first-order chi connectivity index (χ1) is 16.3. The number of nitrogens with one attached hydrogen (secondary N) is 4. The molecule has 4 heterocycles. The molecular formula is C28H38N4O2. The zero-order valence-electron chi connectivity index (χ0n) is 21.2. The lowest BCUT2D eigenvalue weighted by Gasteiger charge is -2.13. The molecule has 2 unspecified atom stereocenters. The van der Waals surface area contributed by atoms with Crippen LogP contribution in [-0.4, -0.2) is 33.9 Å². The lowest BCUT2D eigenvalue weighted by Crippen LogP contribution is -2.30. The summed E-state index contributed by atoms with van der Waals surface area (Å²) in [5.74, 6) is 0.100. The van der Waals surface area contributed by atoms with Crippen LogP contribution in [0.4, 0.5) is 0 Å². The predicted octanol–water partition coefficient (Wildman–Crippen LogP) is 4.34. The van der Waals surface area contributed by atoms with Crippen molar-refractivity contribution in [1.29, 1.82) is 0 Å². The molecule has 0 aliphatic carbocycles. The summed E-state index contributed by atoms with van der Waals surface area (Å²) < 4.78 is 0. The Morgan fingerprint density at radius 2 is 1.62 bits per heavy atom. The van der Waals surface area contributed by atoms with Gasteiger partial charge in [-0.15, -0.1) is 0 Å². The van der Waals surface area contributed by atoms with Crippen LogP contribution >= 0.6 is 0 Å². The largest absolute Gasteiger partial charge is 0.362 e. The van der Waals surface area contributed by atoms with Crippen molar-refractivity contribution < 1.29 is 9.59 Å². The minimum absolute atomic E-state index is 0.0156. The molecule has 0 spiro atoms. The number of aromatic amines is 2. The smallest absolute Gasteiger partial charge is 0.247 e. The van der Waals surface area contributed by atoms with Gasteiger partial charge in [0.25, 0.3) is 0 Å². The van der Waals surface area contributed by atoms with Gasteiger partial charge in [-0.05, 0) is 67.5 Å². The van der Waals surface area contributed by atoms with E-state index in [1.165, 1.54) is 39.4 Å². The maximum atomic E-state index is 12.3. The second kappa shape index (κ2) is 10.1. The second-order valence-electron chi connectivity index (χ2n) is 9.70. The summed E-state index contributed by atoms with van der Waals surface area (Å²) in [5, 5.41) is 6.22. The monoisotopic (exact) mass is 462 g/mol. The van der Waals surface area contributed by atoms with E-state index in [2.05, 4.69) is 60.4 Å². The SMILES string of the molecule is CCCc1c(Cc2ccc(CC3NC(=O)C=C3CC)[nH]2)[nH]c(CC2NC(=O)C(CC)=C2C)c1C. The van der Waals surface area contributed by atoms with E-state index in [1.54, 1.807) is 6.08 Å². The number of rotatable bonds is 10. The van der Waals surface area contributed by atoms with Gasteiger partial charge in [0.05, 0.1) is 12.1 Å². The highest BCUT2D eigenvalue weighted by atomic mass is 16.2. The third kappa shape index (κ3) is 4.77. The van der Waals surface area contributed by atoms with Gasteiger partial charge in [0.15, 0.2) is 0 Å². The van der Waals surface area contributed by atoms with E-state index < -0.39 is 0 Å². The highest BCUT2D eigenvalue weighted by molar-refractivity contribution is 5.97. The third-order valence-electron chi connectivity index (χ3n) is 7.50. The van der Waals surface area contributed by atoms with Gasteiger partial charge in [-0.2, -0.15) is 0 Å². The average Bonchev–Trinajstić information content (AvgIpc) is 3.53. The number of H-pyrrole nitrogens is 2. The predicted molar refractivity (Wildman–Crippen MR) is 136 cm³/mol. The summed E-state index contributed by atoms with van der Waals surface area (Å²) in [7, 11) is 0. The van der Waals surface area contributed by atoms with E-state index in [0.29, 0.717) is 0 Å². The van der Waals surface area contributed by atoms with Crippen LogP contribution in [0.25, 0.3) is 0 Å². The molecule has 0 radical (unpaired) electrons. The summed E-state index contributed by atoms with van der Waals surface area (Å²) in [6.07, 6.45) is 7.93. The Balaban J connectivity index is 1.50. The van der Waals surface area contributed by atoms with Crippen LogP contribution in [0.5, 0.6) is 0 Å². The average molecular weight is 463 g/mol. The van der Waals surface area contributed by atoms with Crippen molar-refractivity contribution in [3.8, 4) is 0 Å². The molecule has 2 atom stereocenters. The van der Waals surface area contributed by atoms with E-state index in [4.69, 9.17) is 0 Å². The van der Waals surface area contributed by atoms with Gasteiger partial charge in [0.2, 0.25) is 11.8 Å². The molecule has 2 amide bonds. The first-order valence-electron chi connectivity index (χ1n) is 12.7. The van der Waals surface area contributed by atoms with Gasteiger partial charge in [0, 0.05) is 53.7 Å². The number of amides is 2. The molecular weight excluding hydrogens is 424 g/mol. The lowest BCUT2D eigenvalue weighted by atomic mass is 9.98. The summed E-state index contributed by atoms with van der Waals surface area (Å²) in [5.41, 5.74) is 10.8. The maximum Gasteiger partial charge on any atom is 0.247 e. The molecule has 4 N–H and O–H groups in total. The fourth-order valence-electron chi connectivity index (χ4n) is 5.52. The van der Waals surface area contributed by atoms with Crippen molar-refractivity contribution in [2.24, 2.45) is 0 Å². The number of hydrogen-bond donors (Lipinski definition) is 4. The summed E-state index contributed by atoms with van der Waals surface area (Å²) in [6, 6.07) is 4.45. The van der Waals surface area contributed by atoms with Crippen molar-refractivity contribution in [1.82, 2.24) is 20.6 Å². The van der Waals surface area contributed by atoms with Crippen molar-refractivity contribution in [2.45, 2.75) is 91.6 Å². The first kappa shape index (κ1) is 24.1. The fourth-order valence-corrected chi connectivity index (χ4v) is 5.52. The molecule has 0 aromatic carbocycles. The van der Waals surface area contributed by atoms with Crippen molar-refractivity contribution in [3.63, 3.8) is 0 Å². The fraction of sp³-hybridized carbons (Fsp3) is 0.500. The zero-order valence-corrected chi connectivity index (χ0v) is 21.2. The van der Waals surface area contributed by atoms with Crippen LogP contribution in [0.15, 0.2) is 34.9 Å². The molecule has 0 saturated heterocycles. The second-order valence-corrected chi connectivity index (χ2v) is 9.70. The van der Waals surface area contributed by atoms with E-state index in [9.17, 15) is 9.59 Å². The van der Waals surface area contributed by atoms with Crippen molar-refractivity contribution >= 4 is 11.8 Å². The molecule has 0 bridgehead atoms. The Hall–Kier alpha value is -3.02. The normalized spacial score (nSPS) is 20.2. The highest BCUT2D eigenvalue weighted by Gasteiger charge is 2.29. The Bertz CT molecular complexity index is 1150. The Labute approximate surface area is 202 Å². The molecule has 2 aliphatic heterocycles. The quantitative estimate of drug-likeness (QED) is 0.423. The topological polar surface area (TPSA) is 89.8 Å². The molecule has 6 nitrogen and oxygen atoms in total. The Morgan fingerprint density at radius 3 is 2.29 bits per heavy atom. The van der Waals surface area contributed by atoms with E-state index in [-0.39, 0.29) is 23.9 Å². The molecule has 34 heavy (non-hydrogen) atoms. The summed E-state index contributed by atoms with van der Waals surface area (Å²) >= 11 is 0. The lowest BCUT2D eigenvalue weighted by molar-refractivity contribution is -0.117. The Kier molecular flexibility index (Phi) is 7.15. The summed E-state index contributed by atoms with van der Waals surface area (Å²) in [6.45, 7) is 10.6. The van der Waals surface area contributed by atoms with Gasteiger partial charge in [0.1, 0.15) is 0 Å². The molecule has 0 fully saturated rings. The minimum atomic E-state index is 0.0156. The highest BCUT2D eigenvalue weighted by Crippen LogP contribution is 2.28. The van der Waals surface area contributed by atoms with Gasteiger partial charge < -0.3 is 20.6 Å². The number of carbonyl (C=O) groups excluding carboxylic acids is 2. The van der Waals surface area contributed by atoms with Gasteiger partial charge in [-0.1, -0.05) is 27.2 Å². The molecule has 6 heteroatoms. The third-order valence-corrected chi connectivity index (χ3v) is 7.50. The standard InChI is InChI=1S/C28H38N4O2/c1-6-9-22-17(5)23(15-24-16(4)21(8-3)28(34)32-24)30-26(22)14-20-11-10-19(29-20)13-25-18(7-2)12-27(33)31-25/h10-12,24-25,29-30H,6-9,13-15H2,1-5H3,(H,31,33)(H,32,34). The van der Waals surface area contributed by atoms with Crippen LogP contribution < -0.4 is 10.6 Å². The molecule has 2 aromatic rings. The van der Waals surface area contributed by atoms with Crippen LogP contribution in [-0.2, 0) is 35.3 Å². The van der Waals surface area contributed by atoms with Crippen LogP contribution in [0.2, 0.25) is 0 Å². The number of hydrogen-bond acceptors (Lipinski definition) is 2.